The van der Waals surface area contributed by atoms with Crippen LogP contribution in [0.2, 0.25) is 0 Å². The third-order valence-electron chi connectivity index (χ3n) is 4.07. The molecule has 1 aliphatic carbocycles. The molecule has 1 unspecified atom stereocenters. The summed E-state index contributed by atoms with van der Waals surface area (Å²) in [7, 11) is 1.78. The number of hydrogen-bond donors (Lipinski definition) is 2. The lowest BCUT2D eigenvalue weighted by Crippen LogP contribution is -2.51. The lowest BCUT2D eigenvalue weighted by atomic mass is 9.94. The third kappa shape index (κ3) is 4.94. The lowest BCUT2D eigenvalue weighted by Gasteiger charge is -2.26. The first-order chi connectivity index (χ1) is 8.58. The van der Waals surface area contributed by atoms with Crippen LogP contribution in [0.4, 0.5) is 0 Å². The molecule has 4 nitrogen and oxygen atoms in total. The van der Waals surface area contributed by atoms with E-state index < -0.39 is 5.54 Å². The molecule has 1 atom stereocenters. The molecule has 0 aromatic rings. The molecule has 0 aromatic carbocycles. The predicted molar refractivity (Wildman–Crippen MR) is 73.3 cm³/mol. The van der Waals surface area contributed by atoms with Gasteiger partial charge in [-0.1, -0.05) is 19.3 Å². The number of unbranched alkanes of at least 4 members (excludes halogenated alkanes) is 1. The first-order valence-electron chi connectivity index (χ1n) is 7.19. The van der Waals surface area contributed by atoms with Crippen LogP contribution in [0.25, 0.3) is 0 Å². The Morgan fingerprint density at radius 1 is 1.33 bits per heavy atom. The lowest BCUT2D eigenvalue weighted by molar-refractivity contribution is -0.123. The highest BCUT2D eigenvalue weighted by atomic mass is 16.5. The molecule has 106 valence electrons. The minimum Gasteiger partial charge on any atom is -0.378 e. The number of hydrogen-bond acceptors (Lipinski definition) is 3. The maximum atomic E-state index is 11.3. The second-order valence-electron chi connectivity index (χ2n) is 5.53. The molecule has 1 aliphatic rings. The van der Waals surface area contributed by atoms with E-state index in [2.05, 4.69) is 5.32 Å². The summed E-state index contributed by atoms with van der Waals surface area (Å²) >= 11 is 0. The summed E-state index contributed by atoms with van der Waals surface area (Å²) in [5.41, 5.74) is 4.80. The van der Waals surface area contributed by atoms with Crippen molar-refractivity contribution < 1.29 is 9.53 Å². The van der Waals surface area contributed by atoms with Crippen molar-refractivity contribution in [2.75, 3.05) is 13.7 Å². The van der Waals surface area contributed by atoms with Crippen molar-refractivity contribution in [2.45, 2.75) is 69.9 Å². The Morgan fingerprint density at radius 3 is 2.56 bits per heavy atom. The topological polar surface area (TPSA) is 64.3 Å². The maximum Gasteiger partial charge on any atom is 0.237 e. The summed E-state index contributed by atoms with van der Waals surface area (Å²) in [6.45, 7) is 2.67. The van der Waals surface area contributed by atoms with Crippen molar-refractivity contribution in [3.63, 3.8) is 0 Å². The van der Waals surface area contributed by atoms with Gasteiger partial charge in [-0.05, 0) is 46.1 Å². The summed E-state index contributed by atoms with van der Waals surface area (Å²) in [6.07, 6.45) is 9.63. The normalized spacial score (nSPS) is 20.6. The number of primary amides is 1. The molecule has 1 fully saturated rings. The number of likely N-dealkylation sites (N-methyl/N-ethyl adjacent to an activating group) is 1. The van der Waals surface area contributed by atoms with E-state index >= 15 is 0 Å². The molecular weight excluding hydrogens is 228 g/mol. The predicted octanol–water partition coefficient (Wildman–Crippen LogP) is 1.97. The van der Waals surface area contributed by atoms with Gasteiger partial charge in [0.05, 0.1) is 11.6 Å². The summed E-state index contributed by atoms with van der Waals surface area (Å²) < 4.78 is 5.86. The highest BCUT2D eigenvalue weighted by molar-refractivity contribution is 5.84. The highest BCUT2D eigenvalue weighted by Gasteiger charge is 2.27. The fourth-order valence-corrected chi connectivity index (χ4v) is 2.43. The zero-order chi connectivity index (χ0) is 13.4. The van der Waals surface area contributed by atoms with Crippen LogP contribution in [-0.4, -0.2) is 31.2 Å². The van der Waals surface area contributed by atoms with Gasteiger partial charge in [-0.2, -0.15) is 0 Å². The van der Waals surface area contributed by atoms with Crippen molar-refractivity contribution in [3.8, 4) is 0 Å². The Kier molecular flexibility index (Phi) is 6.65. The Labute approximate surface area is 111 Å². The van der Waals surface area contributed by atoms with Crippen LogP contribution in [0.1, 0.15) is 58.3 Å². The molecule has 0 heterocycles. The van der Waals surface area contributed by atoms with Gasteiger partial charge in [0, 0.05) is 6.61 Å². The number of ether oxygens (including phenoxy) is 1. The van der Waals surface area contributed by atoms with E-state index in [1.165, 1.54) is 32.1 Å². The Balaban J connectivity index is 2.08. The first kappa shape index (κ1) is 15.4. The van der Waals surface area contributed by atoms with Gasteiger partial charge in [0.15, 0.2) is 0 Å². The largest absolute Gasteiger partial charge is 0.378 e. The van der Waals surface area contributed by atoms with E-state index in [4.69, 9.17) is 10.5 Å². The number of amides is 1. The van der Waals surface area contributed by atoms with Crippen molar-refractivity contribution in [2.24, 2.45) is 5.73 Å². The SMILES string of the molecule is CNC(C)(CCCCOC1CCCCC1)C(N)=O. The third-order valence-corrected chi connectivity index (χ3v) is 4.07. The van der Waals surface area contributed by atoms with Crippen LogP contribution in [0.5, 0.6) is 0 Å². The molecule has 18 heavy (non-hydrogen) atoms. The first-order valence-corrected chi connectivity index (χ1v) is 7.19. The molecule has 1 amide bonds. The summed E-state index contributed by atoms with van der Waals surface area (Å²) in [4.78, 5) is 11.3. The van der Waals surface area contributed by atoms with Crippen LogP contribution in [-0.2, 0) is 9.53 Å². The molecule has 0 saturated heterocycles. The molecule has 0 aromatic heterocycles. The van der Waals surface area contributed by atoms with E-state index in [0.29, 0.717) is 6.10 Å². The second kappa shape index (κ2) is 7.74. The van der Waals surface area contributed by atoms with Crippen LogP contribution in [0, 0.1) is 0 Å². The van der Waals surface area contributed by atoms with E-state index in [9.17, 15) is 4.79 Å². The molecular formula is C14H28N2O2. The minimum absolute atomic E-state index is 0.279. The van der Waals surface area contributed by atoms with Crippen LogP contribution >= 0.6 is 0 Å². The van der Waals surface area contributed by atoms with E-state index in [1.807, 2.05) is 6.92 Å². The molecule has 0 bridgehead atoms. The summed E-state index contributed by atoms with van der Waals surface area (Å²) in [5.74, 6) is -0.279. The van der Waals surface area contributed by atoms with Gasteiger partial charge in [0.25, 0.3) is 0 Å². The van der Waals surface area contributed by atoms with Gasteiger partial charge in [-0.3, -0.25) is 4.79 Å². The van der Waals surface area contributed by atoms with Crippen molar-refractivity contribution >= 4 is 5.91 Å². The fraction of sp³-hybridized carbons (Fsp3) is 0.929. The van der Waals surface area contributed by atoms with E-state index in [-0.39, 0.29) is 5.91 Å². The van der Waals surface area contributed by atoms with E-state index in [1.54, 1.807) is 7.05 Å². The number of rotatable bonds is 8. The van der Waals surface area contributed by atoms with Gasteiger partial charge in [0.1, 0.15) is 0 Å². The standard InChI is InChI=1S/C14H28N2O2/c1-14(16-2,13(15)17)10-6-7-11-18-12-8-4-3-5-9-12/h12,16H,3-11H2,1-2H3,(H2,15,17). The molecule has 0 aliphatic heterocycles. The van der Waals surface area contributed by atoms with Crippen molar-refractivity contribution in [1.29, 1.82) is 0 Å². The van der Waals surface area contributed by atoms with Gasteiger partial charge < -0.3 is 15.8 Å². The number of nitrogens with one attached hydrogen (secondary N) is 1. The summed E-state index contributed by atoms with van der Waals surface area (Å²) in [5, 5.41) is 3.00. The zero-order valence-electron chi connectivity index (χ0n) is 11.8. The Hall–Kier alpha value is -0.610. The maximum absolute atomic E-state index is 11.3. The second-order valence-corrected chi connectivity index (χ2v) is 5.53. The average molecular weight is 256 g/mol. The summed E-state index contributed by atoms with van der Waals surface area (Å²) in [6, 6.07) is 0. The number of nitrogens with two attached hydrogens (primary N) is 1. The molecule has 0 spiro atoms. The Bertz CT molecular complexity index is 252. The smallest absolute Gasteiger partial charge is 0.237 e. The van der Waals surface area contributed by atoms with Gasteiger partial charge >= 0.3 is 0 Å². The van der Waals surface area contributed by atoms with Gasteiger partial charge in [-0.15, -0.1) is 0 Å². The average Bonchev–Trinajstić information content (AvgIpc) is 2.39. The molecule has 1 saturated carbocycles. The van der Waals surface area contributed by atoms with Crippen molar-refractivity contribution in [1.82, 2.24) is 5.32 Å². The molecule has 1 rings (SSSR count). The van der Waals surface area contributed by atoms with Crippen molar-refractivity contribution in [3.05, 3.63) is 0 Å². The Morgan fingerprint density at radius 2 is 2.00 bits per heavy atom. The zero-order valence-corrected chi connectivity index (χ0v) is 11.8. The molecule has 4 heteroatoms. The van der Waals surface area contributed by atoms with Crippen LogP contribution in [0.15, 0.2) is 0 Å². The minimum atomic E-state index is -0.579. The monoisotopic (exact) mass is 256 g/mol. The molecule has 0 radical (unpaired) electrons. The number of carbonyl (C=O) groups is 1. The van der Waals surface area contributed by atoms with E-state index in [0.717, 1.165) is 25.9 Å². The highest BCUT2D eigenvalue weighted by Crippen LogP contribution is 2.21. The quantitative estimate of drug-likeness (QED) is 0.653. The van der Waals surface area contributed by atoms with Gasteiger partial charge in [-0.25, -0.2) is 0 Å². The van der Waals surface area contributed by atoms with Gasteiger partial charge in [0.2, 0.25) is 5.91 Å². The fourth-order valence-electron chi connectivity index (χ4n) is 2.43. The number of carbonyl (C=O) groups excluding carboxylic acids is 1. The van der Waals surface area contributed by atoms with Crippen LogP contribution in [0.3, 0.4) is 0 Å². The molecule has 3 N–H and O–H groups in total. The van der Waals surface area contributed by atoms with Crippen LogP contribution < -0.4 is 11.1 Å².